The number of anilines is 2. The molecule has 0 saturated heterocycles. The molecule has 0 atom stereocenters. The highest BCUT2D eigenvalue weighted by molar-refractivity contribution is 6.30. The van der Waals surface area contributed by atoms with Gasteiger partial charge in [-0.3, -0.25) is 4.79 Å². The van der Waals surface area contributed by atoms with Crippen LogP contribution < -0.4 is 10.6 Å². The Kier molecular flexibility index (Phi) is 5.72. The molecule has 138 valence electrons. The summed E-state index contributed by atoms with van der Waals surface area (Å²) in [7, 11) is 0. The van der Waals surface area contributed by atoms with Crippen molar-refractivity contribution in [1.82, 2.24) is 9.97 Å². The summed E-state index contributed by atoms with van der Waals surface area (Å²) in [5, 5.41) is 6.71. The number of hydrogen-bond acceptors (Lipinski definition) is 4. The van der Waals surface area contributed by atoms with Gasteiger partial charge < -0.3 is 10.6 Å². The lowest BCUT2D eigenvalue weighted by atomic mass is 10.1. The molecule has 5 nitrogen and oxygen atoms in total. The van der Waals surface area contributed by atoms with Crippen LogP contribution in [0.3, 0.4) is 0 Å². The van der Waals surface area contributed by atoms with E-state index in [0.717, 1.165) is 16.8 Å². The lowest BCUT2D eigenvalue weighted by Gasteiger charge is -2.11. The van der Waals surface area contributed by atoms with E-state index in [2.05, 4.69) is 39.7 Å². The van der Waals surface area contributed by atoms with Crippen molar-refractivity contribution in [3.63, 3.8) is 0 Å². The Morgan fingerprint density at radius 1 is 1.00 bits per heavy atom. The van der Waals surface area contributed by atoms with Crippen LogP contribution in [0.4, 0.5) is 11.6 Å². The summed E-state index contributed by atoms with van der Waals surface area (Å²) < 4.78 is 0. The van der Waals surface area contributed by atoms with E-state index in [0.29, 0.717) is 28.9 Å². The lowest BCUT2D eigenvalue weighted by Crippen LogP contribution is -2.16. The molecule has 0 saturated carbocycles. The van der Waals surface area contributed by atoms with Gasteiger partial charge in [0, 0.05) is 22.9 Å². The van der Waals surface area contributed by atoms with E-state index in [9.17, 15) is 4.79 Å². The summed E-state index contributed by atoms with van der Waals surface area (Å²) in [4.78, 5) is 21.4. The Bertz CT molecular complexity index is 988. The zero-order valence-electron chi connectivity index (χ0n) is 15.5. The zero-order valence-corrected chi connectivity index (χ0v) is 16.3. The second-order valence-electron chi connectivity index (χ2n) is 6.41. The highest BCUT2D eigenvalue weighted by Crippen LogP contribution is 2.20. The zero-order chi connectivity index (χ0) is 19.4. The largest absolute Gasteiger partial charge is 0.350 e. The van der Waals surface area contributed by atoms with Crippen molar-refractivity contribution in [2.24, 2.45) is 0 Å². The molecule has 1 aromatic heterocycles. The lowest BCUT2D eigenvalue weighted by molar-refractivity contribution is 0.102. The van der Waals surface area contributed by atoms with Crippen LogP contribution in [0.2, 0.25) is 5.02 Å². The molecule has 0 spiro atoms. The number of benzene rings is 2. The maximum absolute atomic E-state index is 12.6. The third-order valence-corrected chi connectivity index (χ3v) is 4.46. The number of hydrogen-bond donors (Lipinski definition) is 2. The van der Waals surface area contributed by atoms with E-state index >= 15 is 0 Å². The molecule has 3 aromatic rings. The number of aryl methyl sites for hydroxylation is 3. The molecule has 2 N–H and O–H groups in total. The van der Waals surface area contributed by atoms with Crippen molar-refractivity contribution < 1.29 is 4.79 Å². The third kappa shape index (κ3) is 4.83. The summed E-state index contributed by atoms with van der Waals surface area (Å²) >= 11 is 5.97. The first-order valence-corrected chi connectivity index (χ1v) is 9.02. The molecule has 6 heteroatoms. The molecule has 0 unspecified atom stereocenters. The number of carbonyl (C=O) groups excluding carboxylic acids is 1. The van der Waals surface area contributed by atoms with Crippen LogP contribution in [0.25, 0.3) is 0 Å². The van der Waals surface area contributed by atoms with Gasteiger partial charge in [-0.1, -0.05) is 35.9 Å². The van der Waals surface area contributed by atoms with Crippen LogP contribution in [0.5, 0.6) is 0 Å². The fourth-order valence-corrected chi connectivity index (χ4v) is 2.93. The minimum absolute atomic E-state index is 0.287. The average molecular weight is 381 g/mol. The fraction of sp³-hybridized carbons (Fsp3) is 0.190. The van der Waals surface area contributed by atoms with Crippen molar-refractivity contribution in [2.45, 2.75) is 27.3 Å². The van der Waals surface area contributed by atoms with E-state index < -0.39 is 0 Å². The highest BCUT2D eigenvalue weighted by atomic mass is 35.5. The highest BCUT2D eigenvalue weighted by Gasteiger charge is 2.12. The first-order chi connectivity index (χ1) is 12.9. The van der Waals surface area contributed by atoms with Crippen molar-refractivity contribution >= 4 is 29.1 Å². The van der Waals surface area contributed by atoms with Crippen LogP contribution in [-0.2, 0) is 6.54 Å². The molecule has 2 aromatic carbocycles. The van der Waals surface area contributed by atoms with Crippen molar-refractivity contribution in [2.75, 3.05) is 10.6 Å². The Balaban J connectivity index is 1.76. The number of rotatable bonds is 5. The maximum atomic E-state index is 12.6. The first kappa shape index (κ1) is 18.9. The second kappa shape index (κ2) is 8.18. The molecular weight excluding hydrogens is 360 g/mol. The predicted octanol–water partition coefficient (Wildman–Crippen LogP) is 4.92. The van der Waals surface area contributed by atoms with Gasteiger partial charge in [-0.15, -0.1) is 0 Å². The summed E-state index contributed by atoms with van der Waals surface area (Å²) in [6, 6.07) is 15.1. The van der Waals surface area contributed by atoms with Gasteiger partial charge in [0.15, 0.2) is 0 Å². The van der Waals surface area contributed by atoms with E-state index in [-0.39, 0.29) is 5.91 Å². The number of nitrogens with zero attached hydrogens (tertiary/aromatic N) is 2. The van der Waals surface area contributed by atoms with E-state index in [4.69, 9.17) is 11.6 Å². The third-order valence-electron chi connectivity index (χ3n) is 4.22. The normalized spacial score (nSPS) is 10.5. The predicted molar refractivity (Wildman–Crippen MR) is 109 cm³/mol. The van der Waals surface area contributed by atoms with Crippen LogP contribution in [0.1, 0.15) is 32.9 Å². The standard InChI is InChI=1S/C21H21ClN4O/c1-13-6-4-5-7-16(13)12-23-21-24-15(3)11-19(26-21)20(27)25-18-9-8-17(22)10-14(18)2/h4-11H,12H2,1-3H3,(H,25,27)(H,23,24,26). The minimum Gasteiger partial charge on any atom is -0.350 e. The van der Waals surface area contributed by atoms with Crippen LogP contribution in [0.15, 0.2) is 48.5 Å². The maximum Gasteiger partial charge on any atom is 0.274 e. The monoisotopic (exact) mass is 380 g/mol. The summed E-state index contributed by atoms with van der Waals surface area (Å²) in [6.07, 6.45) is 0. The molecule has 1 amide bonds. The van der Waals surface area contributed by atoms with Gasteiger partial charge in [0.05, 0.1) is 0 Å². The Morgan fingerprint density at radius 3 is 2.52 bits per heavy atom. The molecule has 0 aliphatic heterocycles. The number of halogens is 1. The number of aromatic nitrogens is 2. The van der Waals surface area contributed by atoms with Crippen LogP contribution in [0, 0.1) is 20.8 Å². The Morgan fingerprint density at radius 2 is 1.78 bits per heavy atom. The minimum atomic E-state index is -0.287. The van der Waals surface area contributed by atoms with Crippen molar-refractivity contribution in [3.8, 4) is 0 Å². The van der Waals surface area contributed by atoms with Gasteiger partial charge in [0.2, 0.25) is 5.95 Å². The summed E-state index contributed by atoms with van der Waals surface area (Å²) in [5.74, 6) is 0.140. The van der Waals surface area contributed by atoms with E-state index in [1.807, 2.05) is 26.0 Å². The molecule has 0 aliphatic carbocycles. The molecule has 27 heavy (non-hydrogen) atoms. The number of nitrogens with one attached hydrogen (secondary N) is 2. The number of amides is 1. The number of carbonyl (C=O) groups is 1. The molecular formula is C21H21ClN4O. The summed E-state index contributed by atoms with van der Waals surface area (Å²) in [5.41, 5.74) is 4.97. The van der Waals surface area contributed by atoms with Gasteiger partial charge >= 0.3 is 0 Å². The van der Waals surface area contributed by atoms with E-state index in [1.54, 1.807) is 24.3 Å². The Hall–Kier alpha value is -2.92. The average Bonchev–Trinajstić information content (AvgIpc) is 2.63. The SMILES string of the molecule is Cc1cc(C(=O)Nc2ccc(Cl)cc2C)nc(NCc2ccccc2C)n1. The Labute approximate surface area is 163 Å². The van der Waals surface area contributed by atoms with Gasteiger partial charge in [0.25, 0.3) is 5.91 Å². The van der Waals surface area contributed by atoms with Gasteiger partial charge in [-0.05, 0) is 61.7 Å². The van der Waals surface area contributed by atoms with E-state index in [1.165, 1.54) is 5.56 Å². The van der Waals surface area contributed by atoms with Crippen LogP contribution >= 0.6 is 11.6 Å². The van der Waals surface area contributed by atoms with Gasteiger partial charge in [-0.25, -0.2) is 9.97 Å². The molecule has 1 heterocycles. The smallest absolute Gasteiger partial charge is 0.274 e. The van der Waals surface area contributed by atoms with Gasteiger partial charge in [0.1, 0.15) is 5.69 Å². The fourth-order valence-electron chi connectivity index (χ4n) is 2.70. The topological polar surface area (TPSA) is 66.9 Å². The summed E-state index contributed by atoms with van der Waals surface area (Å²) in [6.45, 7) is 6.38. The van der Waals surface area contributed by atoms with Gasteiger partial charge in [-0.2, -0.15) is 0 Å². The molecule has 0 aliphatic rings. The first-order valence-electron chi connectivity index (χ1n) is 8.64. The molecule has 3 rings (SSSR count). The van der Waals surface area contributed by atoms with Crippen molar-refractivity contribution in [3.05, 3.63) is 81.6 Å². The quantitative estimate of drug-likeness (QED) is 0.659. The molecule has 0 fully saturated rings. The second-order valence-corrected chi connectivity index (χ2v) is 6.85. The van der Waals surface area contributed by atoms with Crippen LogP contribution in [-0.4, -0.2) is 15.9 Å². The molecule has 0 radical (unpaired) electrons. The molecule has 0 bridgehead atoms. The van der Waals surface area contributed by atoms with Crippen molar-refractivity contribution in [1.29, 1.82) is 0 Å².